The first-order valence-corrected chi connectivity index (χ1v) is 6.49. The predicted octanol–water partition coefficient (Wildman–Crippen LogP) is 3.59. The lowest BCUT2D eigenvalue weighted by Crippen LogP contribution is -2.07. The molecule has 0 aliphatic heterocycles. The Kier molecular flexibility index (Phi) is 4.53. The molecule has 4 heteroatoms. The second kappa shape index (κ2) is 6.34. The molecule has 0 unspecified atom stereocenters. The minimum absolute atomic E-state index is 0.646. The number of ether oxygens (including phenoxy) is 1. The van der Waals surface area contributed by atoms with Gasteiger partial charge in [0.15, 0.2) is 0 Å². The van der Waals surface area contributed by atoms with E-state index in [2.05, 4.69) is 11.4 Å². The zero-order valence-electron chi connectivity index (χ0n) is 10.8. The molecule has 0 amide bonds. The Morgan fingerprint density at radius 2 is 2.00 bits per heavy atom. The van der Waals surface area contributed by atoms with Crippen LogP contribution in [-0.2, 0) is 6.42 Å². The minimum Gasteiger partial charge on any atom is -0.496 e. The summed E-state index contributed by atoms with van der Waals surface area (Å²) >= 11 is 5.86. The van der Waals surface area contributed by atoms with E-state index in [-0.39, 0.29) is 0 Å². The van der Waals surface area contributed by atoms with Crippen molar-refractivity contribution >= 4 is 23.0 Å². The van der Waals surface area contributed by atoms with Crippen LogP contribution in [0, 0.1) is 0 Å². The van der Waals surface area contributed by atoms with Crippen molar-refractivity contribution in [2.24, 2.45) is 0 Å². The van der Waals surface area contributed by atoms with Crippen molar-refractivity contribution in [3.05, 3.63) is 53.1 Å². The number of hydrogen-bond acceptors (Lipinski definition) is 3. The lowest BCUT2D eigenvalue weighted by Gasteiger charge is -2.11. The maximum atomic E-state index is 5.89. The summed E-state index contributed by atoms with van der Waals surface area (Å²) in [6, 6.07) is 13.5. The standard InChI is InChI=1S/C15H17ClN2O/c1-19-15-5-3-2-4-11(15)8-9-18-14-7-6-12(16)10-13(14)17/h2-7,10,18H,8-9,17H2,1H3. The van der Waals surface area contributed by atoms with Gasteiger partial charge in [-0.25, -0.2) is 0 Å². The van der Waals surface area contributed by atoms with Crippen LogP contribution >= 0.6 is 11.6 Å². The monoisotopic (exact) mass is 276 g/mol. The number of benzene rings is 2. The van der Waals surface area contributed by atoms with Crippen molar-refractivity contribution in [1.82, 2.24) is 0 Å². The number of nitrogens with two attached hydrogens (primary N) is 1. The van der Waals surface area contributed by atoms with Gasteiger partial charge in [-0.05, 0) is 36.2 Å². The molecule has 2 aromatic rings. The summed E-state index contributed by atoms with van der Waals surface area (Å²) in [4.78, 5) is 0. The van der Waals surface area contributed by atoms with Gasteiger partial charge in [-0.15, -0.1) is 0 Å². The Hall–Kier alpha value is -1.87. The average molecular weight is 277 g/mol. The van der Waals surface area contributed by atoms with E-state index in [1.165, 1.54) is 5.56 Å². The SMILES string of the molecule is COc1ccccc1CCNc1ccc(Cl)cc1N. The van der Waals surface area contributed by atoms with Gasteiger partial charge in [-0.1, -0.05) is 29.8 Å². The van der Waals surface area contributed by atoms with Gasteiger partial charge in [0, 0.05) is 11.6 Å². The van der Waals surface area contributed by atoms with Crippen LogP contribution in [0.5, 0.6) is 5.75 Å². The highest BCUT2D eigenvalue weighted by molar-refractivity contribution is 6.31. The molecule has 3 nitrogen and oxygen atoms in total. The van der Waals surface area contributed by atoms with Crippen molar-refractivity contribution in [3.8, 4) is 5.75 Å². The molecule has 2 aromatic carbocycles. The molecule has 0 heterocycles. The summed E-state index contributed by atoms with van der Waals surface area (Å²) in [6.07, 6.45) is 0.867. The molecule has 19 heavy (non-hydrogen) atoms. The van der Waals surface area contributed by atoms with Crippen LogP contribution in [0.3, 0.4) is 0 Å². The highest BCUT2D eigenvalue weighted by atomic mass is 35.5. The smallest absolute Gasteiger partial charge is 0.122 e. The van der Waals surface area contributed by atoms with Gasteiger partial charge in [-0.2, -0.15) is 0 Å². The molecule has 3 N–H and O–H groups in total. The van der Waals surface area contributed by atoms with Crippen LogP contribution in [0.2, 0.25) is 5.02 Å². The molecule has 0 saturated carbocycles. The number of nitrogens with one attached hydrogen (secondary N) is 1. The van der Waals surface area contributed by atoms with E-state index in [9.17, 15) is 0 Å². The molecule has 100 valence electrons. The lowest BCUT2D eigenvalue weighted by atomic mass is 10.1. The van der Waals surface area contributed by atoms with Crippen molar-refractivity contribution in [1.29, 1.82) is 0 Å². The maximum absolute atomic E-state index is 5.89. The Bertz CT molecular complexity index is 558. The molecule has 0 radical (unpaired) electrons. The molecule has 0 spiro atoms. The molecule has 0 fully saturated rings. The summed E-state index contributed by atoms with van der Waals surface area (Å²) in [7, 11) is 1.68. The summed E-state index contributed by atoms with van der Waals surface area (Å²) < 4.78 is 5.32. The van der Waals surface area contributed by atoms with Gasteiger partial charge < -0.3 is 15.8 Å². The van der Waals surface area contributed by atoms with Crippen LogP contribution < -0.4 is 15.8 Å². The van der Waals surface area contributed by atoms with E-state index in [1.807, 2.05) is 30.3 Å². The molecule has 0 bridgehead atoms. The Balaban J connectivity index is 1.96. The Morgan fingerprint density at radius 1 is 1.21 bits per heavy atom. The number of para-hydroxylation sites is 1. The average Bonchev–Trinajstić information content (AvgIpc) is 2.42. The summed E-state index contributed by atoms with van der Waals surface area (Å²) in [6.45, 7) is 0.784. The van der Waals surface area contributed by atoms with Gasteiger partial charge in [0.1, 0.15) is 5.75 Å². The molecular formula is C15H17ClN2O. The fourth-order valence-electron chi connectivity index (χ4n) is 1.94. The molecule has 0 atom stereocenters. The fraction of sp³-hybridized carbons (Fsp3) is 0.200. The summed E-state index contributed by atoms with van der Waals surface area (Å²) in [5.74, 6) is 0.911. The van der Waals surface area contributed by atoms with Crippen molar-refractivity contribution in [3.63, 3.8) is 0 Å². The minimum atomic E-state index is 0.646. The van der Waals surface area contributed by atoms with Crippen molar-refractivity contribution in [2.45, 2.75) is 6.42 Å². The van der Waals surface area contributed by atoms with Crippen LogP contribution in [0.4, 0.5) is 11.4 Å². The first kappa shape index (κ1) is 13.6. The normalized spacial score (nSPS) is 10.2. The summed E-state index contributed by atoms with van der Waals surface area (Å²) in [5, 5.41) is 3.95. The van der Waals surface area contributed by atoms with Crippen molar-refractivity contribution < 1.29 is 4.74 Å². The largest absolute Gasteiger partial charge is 0.496 e. The lowest BCUT2D eigenvalue weighted by molar-refractivity contribution is 0.410. The first-order valence-electron chi connectivity index (χ1n) is 6.11. The first-order chi connectivity index (χ1) is 9.20. The number of nitrogen functional groups attached to an aromatic ring is 1. The highest BCUT2D eigenvalue weighted by Crippen LogP contribution is 2.23. The second-order valence-corrected chi connectivity index (χ2v) is 4.66. The quantitative estimate of drug-likeness (QED) is 0.821. The van der Waals surface area contributed by atoms with Crippen LogP contribution in [-0.4, -0.2) is 13.7 Å². The van der Waals surface area contributed by atoms with E-state index >= 15 is 0 Å². The van der Waals surface area contributed by atoms with Gasteiger partial charge >= 0.3 is 0 Å². The molecule has 0 aliphatic carbocycles. The highest BCUT2D eigenvalue weighted by Gasteiger charge is 2.03. The fourth-order valence-corrected chi connectivity index (χ4v) is 2.12. The molecule has 0 aromatic heterocycles. The number of methoxy groups -OCH3 is 1. The zero-order chi connectivity index (χ0) is 13.7. The summed E-state index contributed by atoms with van der Waals surface area (Å²) in [5.41, 5.74) is 8.62. The van der Waals surface area contributed by atoms with Gasteiger partial charge in [-0.3, -0.25) is 0 Å². The molecular weight excluding hydrogens is 260 g/mol. The Labute approximate surface area is 118 Å². The number of hydrogen-bond donors (Lipinski definition) is 2. The van der Waals surface area contributed by atoms with Crippen LogP contribution in [0.15, 0.2) is 42.5 Å². The van der Waals surface area contributed by atoms with E-state index in [1.54, 1.807) is 13.2 Å². The molecule has 0 aliphatic rings. The van der Waals surface area contributed by atoms with Gasteiger partial charge in [0.2, 0.25) is 0 Å². The van der Waals surface area contributed by atoms with Crippen molar-refractivity contribution in [2.75, 3.05) is 24.7 Å². The third-order valence-electron chi connectivity index (χ3n) is 2.92. The van der Waals surface area contributed by atoms with E-state index in [0.29, 0.717) is 10.7 Å². The third-order valence-corrected chi connectivity index (χ3v) is 3.15. The number of anilines is 2. The maximum Gasteiger partial charge on any atom is 0.122 e. The van der Waals surface area contributed by atoms with Crippen LogP contribution in [0.25, 0.3) is 0 Å². The predicted molar refractivity (Wildman–Crippen MR) is 81.1 cm³/mol. The third kappa shape index (κ3) is 3.55. The Morgan fingerprint density at radius 3 is 2.74 bits per heavy atom. The van der Waals surface area contributed by atoms with E-state index in [0.717, 1.165) is 24.4 Å². The molecule has 2 rings (SSSR count). The van der Waals surface area contributed by atoms with E-state index < -0.39 is 0 Å². The van der Waals surface area contributed by atoms with Crippen LogP contribution in [0.1, 0.15) is 5.56 Å². The topological polar surface area (TPSA) is 47.3 Å². The number of rotatable bonds is 5. The second-order valence-electron chi connectivity index (χ2n) is 4.22. The molecule has 0 saturated heterocycles. The van der Waals surface area contributed by atoms with Gasteiger partial charge in [0.05, 0.1) is 18.5 Å². The number of halogens is 1. The van der Waals surface area contributed by atoms with Gasteiger partial charge in [0.25, 0.3) is 0 Å². The zero-order valence-corrected chi connectivity index (χ0v) is 11.6. The van der Waals surface area contributed by atoms with E-state index in [4.69, 9.17) is 22.1 Å².